The maximum Gasteiger partial charge on any atom is 0.0398 e. The Balaban J connectivity index is 1.82. The fourth-order valence-corrected chi connectivity index (χ4v) is 6.12. The summed E-state index contributed by atoms with van der Waals surface area (Å²) in [5, 5.41) is 1.50. The maximum absolute atomic E-state index is 2.75. The number of hydrogen-bond donors (Lipinski definition) is 0. The summed E-state index contributed by atoms with van der Waals surface area (Å²) in [4.78, 5) is 4.43. The maximum atomic E-state index is 2.75. The molecule has 2 aliphatic heterocycles. The molecular formula is C18H19NS. The van der Waals surface area contributed by atoms with E-state index in [0.717, 1.165) is 12.0 Å². The van der Waals surface area contributed by atoms with Crippen LogP contribution in [0.4, 0.5) is 0 Å². The van der Waals surface area contributed by atoms with Crippen molar-refractivity contribution in [2.75, 3.05) is 6.54 Å². The number of fused-ring (bicyclic) bond motifs is 3. The van der Waals surface area contributed by atoms with Crippen molar-refractivity contribution < 1.29 is 0 Å². The lowest BCUT2D eigenvalue weighted by Crippen LogP contribution is -2.47. The van der Waals surface area contributed by atoms with Crippen LogP contribution in [-0.2, 0) is 12.0 Å². The van der Waals surface area contributed by atoms with E-state index in [0.29, 0.717) is 5.41 Å². The molecule has 2 aromatic rings. The van der Waals surface area contributed by atoms with Gasteiger partial charge in [-0.15, -0.1) is 11.3 Å². The first-order valence-electron chi connectivity index (χ1n) is 7.72. The Morgan fingerprint density at radius 1 is 1.30 bits per heavy atom. The van der Waals surface area contributed by atoms with Gasteiger partial charge < -0.3 is 0 Å². The summed E-state index contributed by atoms with van der Waals surface area (Å²) in [6.45, 7) is 4.81. The molecule has 5 rings (SSSR count). The van der Waals surface area contributed by atoms with Crippen LogP contribution in [-0.4, -0.2) is 17.5 Å². The Labute approximate surface area is 123 Å². The summed E-state index contributed by atoms with van der Waals surface area (Å²) in [7, 11) is 0. The van der Waals surface area contributed by atoms with Gasteiger partial charge in [0.25, 0.3) is 0 Å². The fraction of sp³-hybridized carbons (Fsp3) is 0.444. The molecule has 3 aliphatic rings. The van der Waals surface area contributed by atoms with E-state index in [4.69, 9.17) is 0 Å². The minimum absolute atomic E-state index is 0.337. The fourth-order valence-electron chi connectivity index (χ4n) is 4.66. The lowest BCUT2D eigenvalue weighted by atomic mass is 9.69. The lowest BCUT2D eigenvalue weighted by Gasteiger charge is -2.44. The average molecular weight is 281 g/mol. The van der Waals surface area contributed by atoms with E-state index in [1.807, 2.05) is 0 Å². The largest absolute Gasteiger partial charge is 0.295 e. The Bertz CT molecular complexity index is 728. The van der Waals surface area contributed by atoms with Crippen LogP contribution in [0.15, 0.2) is 36.4 Å². The predicted octanol–water partition coefficient (Wildman–Crippen LogP) is 4.32. The molecular weight excluding hydrogens is 262 g/mol. The van der Waals surface area contributed by atoms with Gasteiger partial charge in [-0.25, -0.2) is 0 Å². The van der Waals surface area contributed by atoms with E-state index >= 15 is 0 Å². The molecule has 3 heterocycles. The van der Waals surface area contributed by atoms with Crippen LogP contribution < -0.4 is 0 Å². The number of thiophene rings is 1. The molecule has 102 valence electrons. The highest BCUT2D eigenvalue weighted by molar-refractivity contribution is 7.19. The van der Waals surface area contributed by atoms with Crippen molar-refractivity contribution in [2.24, 2.45) is 5.92 Å². The van der Waals surface area contributed by atoms with Crippen LogP contribution in [0.1, 0.15) is 30.2 Å². The van der Waals surface area contributed by atoms with E-state index in [-0.39, 0.29) is 0 Å². The van der Waals surface area contributed by atoms with Crippen molar-refractivity contribution >= 4 is 21.4 Å². The lowest BCUT2D eigenvalue weighted by molar-refractivity contribution is 0.171. The Hall–Kier alpha value is -1.12. The van der Waals surface area contributed by atoms with E-state index in [1.165, 1.54) is 36.0 Å². The van der Waals surface area contributed by atoms with Gasteiger partial charge in [0.1, 0.15) is 0 Å². The molecule has 0 N–H and O–H groups in total. The first kappa shape index (κ1) is 11.5. The Kier molecular flexibility index (Phi) is 2.16. The zero-order valence-electron chi connectivity index (χ0n) is 11.8. The monoisotopic (exact) mass is 281 g/mol. The second kappa shape index (κ2) is 3.75. The molecule has 0 saturated carbocycles. The summed E-state index contributed by atoms with van der Waals surface area (Å²) in [5.74, 6) is 0.740. The molecule has 1 nitrogen and oxygen atoms in total. The van der Waals surface area contributed by atoms with Crippen LogP contribution in [0.2, 0.25) is 0 Å². The van der Waals surface area contributed by atoms with Gasteiger partial charge in [0.15, 0.2) is 0 Å². The molecule has 0 amide bonds. The van der Waals surface area contributed by atoms with Gasteiger partial charge >= 0.3 is 0 Å². The number of allylic oxidation sites excluding steroid dienone is 1. The Morgan fingerprint density at radius 2 is 2.20 bits per heavy atom. The highest BCUT2D eigenvalue weighted by Crippen LogP contribution is 2.55. The zero-order valence-corrected chi connectivity index (χ0v) is 12.6. The molecule has 4 atom stereocenters. The minimum atomic E-state index is 0.337. The van der Waals surface area contributed by atoms with E-state index in [2.05, 4.69) is 59.6 Å². The molecule has 20 heavy (non-hydrogen) atoms. The third-order valence-electron chi connectivity index (χ3n) is 5.65. The summed E-state index contributed by atoms with van der Waals surface area (Å²) in [6, 6.07) is 9.73. The van der Waals surface area contributed by atoms with Crippen molar-refractivity contribution in [1.82, 2.24) is 4.90 Å². The summed E-state index contributed by atoms with van der Waals surface area (Å²) < 4.78 is 1.48. The molecule has 2 heteroatoms. The van der Waals surface area contributed by atoms with E-state index in [1.54, 1.807) is 10.4 Å². The normalized spacial score (nSPS) is 38.0. The van der Waals surface area contributed by atoms with Gasteiger partial charge in [-0.1, -0.05) is 37.3 Å². The van der Waals surface area contributed by atoms with Crippen LogP contribution >= 0.6 is 11.3 Å². The first-order chi connectivity index (χ1) is 9.78. The first-order valence-corrected chi connectivity index (χ1v) is 8.54. The quantitative estimate of drug-likeness (QED) is 0.650. The number of benzene rings is 1. The van der Waals surface area contributed by atoms with Gasteiger partial charge in [0.05, 0.1) is 0 Å². The molecule has 1 saturated heterocycles. The third-order valence-corrected chi connectivity index (χ3v) is 7.05. The van der Waals surface area contributed by atoms with Crippen molar-refractivity contribution in [2.45, 2.75) is 37.8 Å². The van der Waals surface area contributed by atoms with Crippen LogP contribution in [0.5, 0.6) is 0 Å². The van der Waals surface area contributed by atoms with Crippen molar-refractivity contribution in [3.8, 4) is 0 Å². The summed E-state index contributed by atoms with van der Waals surface area (Å²) in [5.41, 5.74) is 1.96. The van der Waals surface area contributed by atoms with Crippen molar-refractivity contribution in [3.63, 3.8) is 0 Å². The SMILES string of the molecule is C[C@H]1C=C[C@]23CCN(Cc4c2sc2ccccc42)[C@H]3C1. The molecule has 1 aromatic heterocycles. The van der Waals surface area contributed by atoms with Crippen molar-refractivity contribution in [1.29, 1.82) is 0 Å². The molecule has 0 radical (unpaired) electrons. The number of nitrogens with zero attached hydrogens (tertiary/aromatic N) is 1. The van der Waals surface area contributed by atoms with Gasteiger partial charge in [-0.05, 0) is 35.8 Å². The Morgan fingerprint density at radius 3 is 3.15 bits per heavy atom. The van der Waals surface area contributed by atoms with Crippen molar-refractivity contribution in [3.05, 3.63) is 46.9 Å². The summed E-state index contributed by atoms with van der Waals surface area (Å²) >= 11 is 2.06. The standard InChI is InChI=1S/C18H19NS/c1-12-6-7-18-8-9-19(16(18)10-12)11-14-13-4-2-3-5-15(13)20-17(14)18/h2-7,12,16H,8-11H2,1H3/t12-,16-,18+/m0/s1. The molecule has 2 bridgehead atoms. The second-order valence-electron chi connectivity index (χ2n) is 6.75. The predicted molar refractivity (Wildman–Crippen MR) is 85.2 cm³/mol. The average Bonchev–Trinajstić information content (AvgIpc) is 2.97. The molecule has 1 aromatic carbocycles. The molecule has 1 unspecified atom stereocenters. The van der Waals surface area contributed by atoms with Crippen LogP contribution in [0, 0.1) is 5.92 Å². The minimum Gasteiger partial charge on any atom is -0.295 e. The van der Waals surface area contributed by atoms with Gasteiger partial charge in [0, 0.05) is 34.1 Å². The topological polar surface area (TPSA) is 3.24 Å². The number of rotatable bonds is 0. The zero-order chi connectivity index (χ0) is 13.3. The highest BCUT2D eigenvalue weighted by Gasteiger charge is 2.53. The van der Waals surface area contributed by atoms with Gasteiger partial charge in [-0.2, -0.15) is 0 Å². The molecule has 1 aliphatic carbocycles. The van der Waals surface area contributed by atoms with Crippen LogP contribution in [0.25, 0.3) is 10.1 Å². The van der Waals surface area contributed by atoms with Gasteiger partial charge in [-0.3, -0.25) is 4.90 Å². The van der Waals surface area contributed by atoms with Crippen LogP contribution in [0.3, 0.4) is 0 Å². The smallest absolute Gasteiger partial charge is 0.0398 e. The third kappa shape index (κ3) is 1.27. The second-order valence-corrected chi connectivity index (χ2v) is 7.81. The van der Waals surface area contributed by atoms with E-state index in [9.17, 15) is 0 Å². The summed E-state index contributed by atoms with van der Waals surface area (Å²) in [6.07, 6.45) is 7.70. The highest BCUT2D eigenvalue weighted by atomic mass is 32.1. The molecule has 1 fully saturated rings. The van der Waals surface area contributed by atoms with E-state index < -0.39 is 0 Å². The molecule has 0 spiro atoms. The van der Waals surface area contributed by atoms with Gasteiger partial charge in [0.2, 0.25) is 0 Å². The number of hydrogen-bond acceptors (Lipinski definition) is 2.